The second-order valence-electron chi connectivity index (χ2n) is 3.19. The molecule has 0 aliphatic rings. The van der Waals surface area contributed by atoms with E-state index in [4.69, 9.17) is 9.63 Å². The minimum atomic E-state index is -0.787. The highest BCUT2D eigenvalue weighted by Gasteiger charge is 2.09. The fourth-order valence-electron chi connectivity index (χ4n) is 1.14. The highest BCUT2D eigenvalue weighted by atomic mass is 32.2. The summed E-state index contributed by atoms with van der Waals surface area (Å²) < 4.78 is 5.11. The molecular weight excluding hydrogens is 260 g/mol. The van der Waals surface area contributed by atoms with Crippen molar-refractivity contribution in [1.29, 1.82) is 0 Å². The Bertz CT molecular complexity index is 481. The highest BCUT2D eigenvalue weighted by Crippen LogP contribution is 2.23. The summed E-state index contributed by atoms with van der Waals surface area (Å²) in [5.74, 6) is 1.46. The second-order valence-corrected chi connectivity index (χ2v) is 5.24. The fraction of sp³-hybridized carbons (Fsp3) is 0.300. The monoisotopic (exact) mass is 270 g/mol. The number of carbonyl (C=O) groups is 1. The van der Waals surface area contributed by atoms with Gasteiger partial charge < -0.3 is 9.63 Å². The van der Waals surface area contributed by atoms with Crippen molar-refractivity contribution in [3.05, 3.63) is 23.3 Å². The van der Waals surface area contributed by atoms with Crippen LogP contribution in [-0.4, -0.2) is 27.0 Å². The van der Waals surface area contributed by atoms with Crippen LogP contribution in [0.2, 0.25) is 0 Å². The van der Waals surface area contributed by atoms with Gasteiger partial charge in [-0.3, -0.25) is 4.79 Å². The maximum absolute atomic E-state index is 10.3. The van der Waals surface area contributed by atoms with Gasteiger partial charge in [0.15, 0.2) is 5.82 Å². The van der Waals surface area contributed by atoms with Crippen molar-refractivity contribution in [2.24, 2.45) is 0 Å². The summed E-state index contributed by atoms with van der Waals surface area (Å²) in [6.45, 7) is 0. The summed E-state index contributed by atoms with van der Waals surface area (Å²) in [5, 5.41) is 14.3. The van der Waals surface area contributed by atoms with E-state index in [-0.39, 0.29) is 6.42 Å². The maximum atomic E-state index is 10.3. The molecule has 2 heterocycles. The molecule has 0 fully saturated rings. The number of aliphatic carboxylic acids is 1. The average Bonchev–Trinajstić information content (AvgIpc) is 2.94. The Morgan fingerprint density at radius 3 is 3.18 bits per heavy atom. The molecule has 0 amide bonds. The third-order valence-corrected chi connectivity index (χ3v) is 3.70. The van der Waals surface area contributed by atoms with Gasteiger partial charge in [-0.2, -0.15) is 16.7 Å². The minimum absolute atomic E-state index is 0.153. The summed E-state index contributed by atoms with van der Waals surface area (Å²) in [6, 6.07) is 3.84. The molecule has 2 rings (SSSR count). The van der Waals surface area contributed by atoms with Crippen LogP contribution < -0.4 is 0 Å². The Balaban J connectivity index is 1.84. The molecule has 7 heteroatoms. The third kappa shape index (κ3) is 3.57. The normalized spacial score (nSPS) is 10.6. The zero-order valence-electron chi connectivity index (χ0n) is 8.83. The molecule has 0 aromatic carbocycles. The Morgan fingerprint density at radius 2 is 2.47 bits per heavy atom. The molecule has 0 unspecified atom stereocenters. The minimum Gasteiger partial charge on any atom is -0.481 e. The molecule has 17 heavy (non-hydrogen) atoms. The van der Waals surface area contributed by atoms with Crippen LogP contribution in [0.15, 0.2) is 22.0 Å². The zero-order chi connectivity index (χ0) is 12.1. The number of thioether (sulfide) groups is 1. The van der Waals surface area contributed by atoms with E-state index in [0.717, 1.165) is 4.88 Å². The number of nitrogens with zero attached hydrogens (tertiary/aromatic N) is 2. The molecule has 2 aromatic rings. The molecule has 90 valence electrons. The summed E-state index contributed by atoms with van der Waals surface area (Å²) in [7, 11) is 0. The van der Waals surface area contributed by atoms with Crippen LogP contribution in [0.25, 0.3) is 10.8 Å². The van der Waals surface area contributed by atoms with Crippen LogP contribution in [0, 0.1) is 0 Å². The molecular formula is C10H10N2O3S2. The van der Waals surface area contributed by atoms with Gasteiger partial charge in [0.1, 0.15) is 0 Å². The number of carboxylic acids is 1. The van der Waals surface area contributed by atoms with Crippen molar-refractivity contribution in [1.82, 2.24) is 10.1 Å². The van der Waals surface area contributed by atoms with Gasteiger partial charge in [0.25, 0.3) is 5.89 Å². The number of aromatic nitrogens is 2. The van der Waals surface area contributed by atoms with E-state index in [1.807, 2.05) is 17.5 Å². The molecule has 0 spiro atoms. The zero-order valence-corrected chi connectivity index (χ0v) is 10.5. The van der Waals surface area contributed by atoms with Gasteiger partial charge in [-0.25, -0.2) is 0 Å². The quantitative estimate of drug-likeness (QED) is 0.813. The molecule has 0 radical (unpaired) electrons. The average molecular weight is 270 g/mol. The largest absolute Gasteiger partial charge is 0.481 e. The second kappa shape index (κ2) is 5.83. The molecule has 5 nitrogen and oxygen atoms in total. The van der Waals surface area contributed by atoms with Crippen molar-refractivity contribution in [3.63, 3.8) is 0 Å². The molecule has 0 bridgehead atoms. The van der Waals surface area contributed by atoms with Gasteiger partial charge in [-0.15, -0.1) is 11.3 Å². The first-order chi connectivity index (χ1) is 8.25. The van der Waals surface area contributed by atoms with Gasteiger partial charge in [0, 0.05) is 5.75 Å². The van der Waals surface area contributed by atoms with E-state index >= 15 is 0 Å². The van der Waals surface area contributed by atoms with E-state index in [0.29, 0.717) is 23.2 Å². The molecule has 0 aliphatic heterocycles. The molecule has 0 atom stereocenters. The van der Waals surface area contributed by atoms with Gasteiger partial charge >= 0.3 is 5.97 Å². The van der Waals surface area contributed by atoms with Crippen molar-refractivity contribution < 1.29 is 14.4 Å². The SMILES string of the molecule is O=C(O)CCSCc1noc(-c2cccs2)n1. The van der Waals surface area contributed by atoms with Crippen molar-refractivity contribution in [3.8, 4) is 10.8 Å². The topological polar surface area (TPSA) is 76.2 Å². The Kier molecular flexibility index (Phi) is 4.16. The van der Waals surface area contributed by atoms with Crippen LogP contribution >= 0.6 is 23.1 Å². The highest BCUT2D eigenvalue weighted by molar-refractivity contribution is 7.98. The lowest BCUT2D eigenvalue weighted by molar-refractivity contribution is -0.136. The molecule has 0 aliphatic carbocycles. The van der Waals surface area contributed by atoms with E-state index in [1.54, 1.807) is 11.3 Å². The first-order valence-electron chi connectivity index (χ1n) is 4.91. The number of thiophene rings is 1. The van der Waals surface area contributed by atoms with Crippen LogP contribution in [-0.2, 0) is 10.5 Å². The molecule has 0 saturated carbocycles. The third-order valence-electron chi connectivity index (χ3n) is 1.89. The summed E-state index contributed by atoms with van der Waals surface area (Å²) in [5.41, 5.74) is 0. The van der Waals surface area contributed by atoms with E-state index in [1.165, 1.54) is 11.8 Å². The van der Waals surface area contributed by atoms with Crippen molar-refractivity contribution in [2.75, 3.05) is 5.75 Å². The first-order valence-corrected chi connectivity index (χ1v) is 6.95. The number of carboxylic acid groups (broad SMARTS) is 1. The Labute approximate surface area is 106 Å². The van der Waals surface area contributed by atoms with Gasteiger partial charge in [0.2, 0.25) is 0 Å². The number of hydrogen-bond donors (Lipinski definition) is 1. The lowest BCUT2D eigenvalue weighted by atomic mass is 10.5. The van der Waals surface area contributed by atoms with Crippen LogP contribution in [0.1, 0.15) is 12.2 Å². The Hall–Kier alpha value is -1.34. The lowest BCUT2D eigenvalue weighted by Crippen LogP contribution is -1.96. The van der Waals surface area contributed by atoms with Crippen LogP contribution in [0.3, 0.4) is 0 Å². The summed E-state index contributed by atoms with van der Waals surface area (Å²) >= 11 is 3.02. The predicted octanol–water partition coefficient (Wildman–Crippen LogP) is 2.51. The lowest BCUT2D eigenvalue weighted by Gasteiger charge is -1.93. The van der Waals surface area contributed by atoms with Gasteiger partial charge in [-0.1, -0.05) is 11.2 Å². The first kappa shape index (κ1) is 12.1. The van der Waals surface area contributed by atoms with E-state index in [2.05, 4.69) is 10.1 Å². The van der Waals surface area contributed by atoms with Crippen molar-refractivity contribution >= 4 is 29.1 Å². The molecule has 1 N–H and O–H groups in total. The predicted molar refractivity (Wildman–Crippen MR) is 66.0 cm³/mol. The van der Waals surface area contributed by atoms with Gasteiger partial charge in [-0.05, 0) is 11.4 Å². The van der Waals surface area contributed by atoms with E-state index in [9.17, 15) is 4.79 Å². The summed E-state index contributed by atoms with van der Waals surface area (Å²) in [6.07, 6.45) is 0.153. The maximum Gasteiger partial charge on any atom is 0.304 e. The molecule has 2 aromatic heterocycles. The van der Waals surface area contributed by atoms with Crippen molar-refractivity contribution in [2.45, 2.75) is 12.2 Å². The Morgan fingerprint density at radius 1 is 1.59 bits per heavy atom. The molecule has 0 saturated heterocycles. The van der Waals surface area contributed by atoms with Crippen LogP contribution in [0.4, 0.5) is 0 Å². The standard InChI is InChI=1S/C10H10N2O3S2/c13-9(14)3-5-16-6-8-11-10(15-12-8)7-2-1-4-17-7/h1-2,4H,3,5-6H2,(H,13,14). The number of hydrogen-bond acceptors (Lipinski definition) is 6. The summed E-state index contributed by atoms with van der Waals surface area (Å²) in [4.78, 5) is 15.5. The smallest absolute Gasteiger partial charge is 0.304 e. The van der Waals surface area contributed by atoms with E-state index < -0.39 is 5.97 Å². The van der Waals surface area contributed by atoms with Crippen LogP contribution in [0.5, 0.6) is 0 Å². The number of rotatable bonds is 6. The van der Waals surface area contributed by atoms with Gasteiger partial charge in [0.05, 0.1) is 17.1 Å². The fourth-order valence-corrected chi connectivity index (χ4v) is 2.54.